The number of nitrogens with one attached hydrogen (secondary N) is 2. The van der Waals surface area contributed by atoms with E-state index in [2.05, 4.69) is 57.6 Å². The van der Waals surface area contributed by atoms with Crippen LogP contribution in [-0.4, -0.2) is 14.9 Å². The Morgan fingerprint density at radius 3 is 2.58 bits per heavy atom. The van der Waals surface area contributed by atoms with Gasteiger partial charge in [-0.3, -0.25) is 4.68 Å². The van der Waals surface area contributed by atoms with Crippen LogP contribution >= 0.6 is 39.7 Å². The quantitative estimate of drug-likeness (QED) is 0.496. The molecule has 1 aromatic heterocycles. The third-order valence-corrected chi connectivity index (χ3v) is 4.87. The van der Waals surface area contributed by atoms with E-state index in [0.717, 1.165) is 26.3 Å². The molecule has 4 nitrogen and oxygen atoms in total. The maximum atomic E-state index is 5.93. The van der Waals surface area contributed by atoms with Crippen LogP contribution in [0.1, 0.15) is 16.7 Å². The fraction of sp³-hybridized carbons (Fsp3) is 0.158. The first-order chi connectivity index (χ1) is 12.4. The van der Waals surface area contributed by atoms with Crippen molar-refractivity contribution in [3.05, 3.63) is 74.8 Å². The Morgan fingerprint density at radius 1 is 1.15 bits per heavy atom. The summed E-state index contributed by atoms with van der Waals surface area (Å²) < 4.78 is 2.69. The van der Waals surface area contributed by atoms with Crippen LogP contribution in [0.4, 0.5) is 11.5 Å². The summed E-state index contributed by atoms with van der Waals surface area (Å²) in [4.78, 5) is 0. The molecule has 0 unspecified atom stereocenters. The van der Waals surface area contributed by atoms with Gasteiger partial charge in [0.25, 0.3) is 0 Å². The van der Waals surface area contributed by atoms with Crippen molar-refractivity contribution in [3.63, 3.8) is 0 Å². The number of aryl methyl sites for hydroxylation is 2. The second-order valence-corrected chi connectivity index (χ2v) is 7.75. The van der Waals surface area contributed by atoms with E-state index in [4.69, 9.17) is 23.8 Å². The third-order valence-electron chi connectivity index (χ3n) is 3.84. The summed E-state index contributed by atoms with van der Waals surface area (Å²) in [5.41, 5.74) is 4.45. The van der Waals surface area contributed by atoms with Gasteiger partial charge in [0, 0.05) is 16.9 Å². The zero-order valence-corrected chi connectivity index (χ0v) is 17.5. The Labute approximate surface area is 171 Å². The largest absolute Gasteiger partial charge is 0.332 e. The van der Waals surface area contributed by atoms with Gasteiger partial charge in [0.05, 0.1) is 11.0 Å². The summed E-state index contributed by atoms with van der Waals surface area (Å²) in [6.45, 7) is 4.77. The summed E-state index contributed by atoms with van der Waals surface area (Å²) in [6.07, 6.45) is 1.91. The molecule has 0 spiro atoms. The van der Waals surface area contributed by atoms with Gasteiger partial charge in [0.15, 0.2) is 10.9 Å². The molecule has 0 aliphatic carbocycles. The second kappa shape index (κ2) is 8.20. The van der Waals surface area contributed by atoms with Crippen LogP contribution in [-0.2, 0) is 6.54 Å². The minimum Gasteiger partial charge on any atom is -0.332 e. The van der Waals surface area contributed by atoms with Crippen LogP contribution in [0.25, 0.3) is 0 Å². The highest BCUT2D eigenvalue weighted by Gasteiger charge is 2.10. The van der Waals surface area contributed by atoms with Gasteiger partial charge < -0.3 is 10.6 Å². The number of thiocarbonyl (C=S) groups is 1. The normalized spacial score (nSPS) is 10.6. The first-order valence-corrected chi connectivity index (χ1v) is 9.61. The molecule has 26 heavy (non-hydrogen) atoms. The van der Waals surface area contributed by atoms with Crippen molar-refractivity contribution in [2.45, 2.75) is 20.4 Å². The van der Waals surface area contributed by atoms with Crippen molar-refractivity contribution >= 4 is 56.4 Å². The highest BCUT2D eigenvalue weighted by Crippen LogP contribution is 2.22. The van der Waals surface area contributed by atoms with Gasteiger partial charge in [-0.25, -0.2) is 0 Å². The van der Waals surface area contributed by atoms with E-state index in [1.165, 1.54) is 5.56 Å². The highest BCUT2D eigenvalue weighted by molar-refractivity contribution is 9.10. The molecule has 0 saturated carbocycles. The number of halogens is 2. The van der Waals surface area contributed by atoms with E-state index in [-0.39, 0.29) is 0 Å². The Kier molecular flexibility index (Phi) is 5.96. The molecule has 0 bridgehead atoms. The van der Waals surface area contributed by atoms with Crippen LogP contribution in [0.2, 0.25) is 5.02 Å². The van der Waals surface area contributed by atoms with E-state index in [1.54, 1.807) is 0 Å². The molecule has 2 N–H and O–H groups in total. The Morgan fingerprint density at radius 2 is 1.88 bits per heavy atom. The van der Waals surface area contributed by atoms with Gasteiger partial charge in [0.2, 0.25) is 0 Å². The number of anilines is 2. The van der Waals surface area contributed by atoms with E-state index in [9.17, 15) is 0 Å². The number of benzene rings is 2. The zero-order chi connectivity index (χ0) is 18.7. The average molecular weight is 450 g/mol. The molecule has 0 amide bonds. The molecule has 134 valence electrons. The molecule has 0 fully saturated rings. The fourth-order valence-corrected chi connectivity index (χ4v) is 3.30. The van der Waals surface area contributed by atoms with E-state index in [1.807, 2.05) is 41.2 Å². The number of rotatable bonds is 4. The van der Waals surface area contributed by atoms with Crippen LogP contribution in [0.3, 0.4) is 0 Å². The summed E-state index contributed by atoms with van der Waals surface area (Å²) in [5.74, 6) is 0.668. The van der Waals surface area contributed by atoms with Crippen LogP contribution in [0, 0.1) is 13.8 Å². The van der Waals surface area contributed by atoms with Crippen LogP contribution in [0.15, 0.2) is 53.1 Å². The topological polar surface area (TPSA) is 41.9 Å². The maximum Gasteiger partial charge on any atom is 0.176 e. The summed E-state index contributed by atoms with van der Waals surface area (Å²) in [5, 5.41) is 12.1. The smallest absolute Gasteiger partial charge is 0.176 e. The second-order valence-electron chi connectivity index (χ2n) is 6.05. The average Bonchev–Trinajstić information content (AvgIpc) is 2.91. The number of nitrogens with zero attached hydrogens (tertiary/aromatic N) is 2. The molecule has 1 heterocycles. The van der Waals surface area contributed by atoms with Crippen molar-refractivity contribution in [1.82, 2.24) is 9.78 Å². The Hall–Kier alpha value is -1.89. The molecule has 7 heteroatoms. The first kappa shape index (κ1) is 18.9. The SMILES string of the molecule is Cc1ccc(NC(=S)Nc2nn(Cc3ccc(Cl)cc3)cc2Br)c(C)c1. The number of hydrogen-bond donors (Lipinski definition) is 2. The fourth-order valence-electron chi connectivity index (χ4n) is 2.55. The lowest BCUT2D eigenvalue weighted by atomic mass is 10.1. The predicted octanol–water partition coefficient (Wildman–Crippen LogP) is 5.77. The molecule has 0 aliphatic rings. The summed E-state index contributed by atoms with van der Waals surface area (Å²) in [6, 6.07) is 13.9. The molecule has 0 radical (unpaired) electrons. The van der Waals surface area contributed by atoms with Gasteiger partial charge in [-0.2, -0.15) is 5.10 Å². The van der Waals surface area contributed by atoms with Gasteiger partial charge in [0.1, 0.15) is 0 Å². The highest BCUT2D eigenvalue weighted by atomic mass is 79.9. The van der Waals surface area contributed by atoms with E-state index in [0.29, 0.717) is 17.5 Å². The van der Waals surface area contributed by atoms with Gasteiger partial charge in [-0.1, -0.05) is 41.4 Å². The van der Waals surface area contributed by atoms with Crippen molar-refractivity contribution < 1.29 is 0 Å². The number of aromatic nitrogens is 2. The minimum atomic E-state index is 0.495. The van der Waals surface area contributed by atoms with Gasteiger partial charge in [-0.05, 0) is 71.3 Å². The van der Waals surface area contributed by atoms with E-state index >= 15 is 0 Å². The molecule has 0 saturated heterocycles. The minimum absolute atomic E-state index is 0.495. The molecule has 0 aliphatic heterocycles. The summed E-state index contributed by atoms with van der Waals surface area (Å²) >= 11 is 14.9. The lowest BCUT2D eigenvalue weighted by Crippen LogP contribution is -2.20. The van der Waals surface area contributed by atoms with E-state index < -0.39 is 0 Å². The summed E-state index contributed by atoms with van der Waals surface area (Å²) in [7, 11) is 0. The lowest BCUT2D eigenvalue weighted by molar-refractivity contribution is 0.689. The molecule has 3 aromatic rings. The number of hydrogen-bond acceptors (Lipinski definition) is 2. The van der Waals surface area contributed by atoms with Crippen molar-refractivity contribution in [2.24, 2.45) is 0 Å². The van der Waals surface area contributed by atoms with Gasteiger partial charge in [-0.15, -0.1) is 0 Å². The monoisotopic (exact) mass is 448 g/mol. The zero-order valence-electron chi connectivity index (χ0n) is 14.4. The molecular weight excluding hydrogens is 432 g/mol. The Balaban J connectivity index is 1.67. The van der Waals surface area contributed by atoms with Crippen LogP contribution < -0.4 is 10.6 Å². The van der Waals surface area contributed by atoms with Crippen molar-refractivity contribution in [3.8, 4) is 0 Å². The first-order valence-electron chi connectivity index (χ1n) is 8.03. The molecule has 2 aromatic carbocycles. The molecular formula is C19H18BrClN4S. The standard InChI is InChI=1S/C19H18BrClN4S/c1-12-3-8-17(13(2)9-12)22-19(26)23-18-16(20)11-25(24-18)10-14-4-6-15(21)7-5-14/h3-9,11H,10H2,1-2H3,(H2,22,23,24,26). The van der Waals surface area contributed by atoms with Gasteiger partial charge >= 0.3 is 0 Å². The third kappa shape index (κ3) is 4.84. The van der Waals surface area contributed by atoms with Crippen LogP contribution in [0.5, 0.6) is 0 Å². The lowest BCUT2D eigenvalue weighted by Gasteiger charge is -2.12. The Bertz CT molecular complexity index is 937. The maximum absolute atomic E-state index is 5.93. The molecule has 3 rings (SSSR count). The predicted molar refractivity (Wildman–Crippen MR) is 116 cm³/mol. The molecule has 0 atom stereocenters. The van der Waals surface area contributed by atoms with Crippen molar-refractivity contribution in [2.75, 3.05) is 10.6 Å². The van der Waals surface area contributed by atoms with Crippen molar-refractivity contribution in [1.29, 1.82) is 0 Å².